The highest BCUT2D eigenvalue weighted by Gasteiger charge is 2.41. The van der Waals surface area contributed by atoms with E-state index in [1.807, 2.05) is 37.3 Å². The summed E-state index contributed by atoms with van der Waals surface area (Å²) >= 11 is 0. The summed E-state index contributed by atoms with van der Waals surface area (Å²) in [4.78, 5) is 61.8. The van der Waals surface area contributed by atoms with Gasteiger partial charge in [0.25, 0.3) is 5.91 Å². The lowest BCUT2D eigenvalue weighted by molar-refractivity contribution is -0.170. The molecule has 3 N–H and O–H groups in total. The first kappa shape index (κ1) is 24.2. The van der Waals surface area contributed by atoms with Crippen LogP contribution in [-0.4, -0.2) is 65.0 Å². The maximum atomic E-state index is 12.9. The molecule has 2 aliphatic rings. The van der Waals surface area contributed by atoms with Gasteiger partial charge in [-0.15, -0.1) is 0 Å². The van der Waals surface area contributed by atoms with Gasteiger partial charge in [0.1, 0.15) is 18.5 Å². The smallest absolute Gasteiger partial charge is 0.310 e. The number of hydrogen-bond acceptors (Lipinski definition) is 7. The van der Waals surface area contributed by atoms with E-state index in [1.165, 1.54) is 5.01 Å². The Hall–Kier alpha value is -3.47. The Bertz CT molecular complexity index is 907. The molecule has 2 fully saturated rings. The number of primary amides is 1. The SMILES string of the molecule is CCCN1C(=O)CCC(C(N)=O)C(=O)N1CC(=O)NC1CC(=O)OC1OCc1ccccc1. The van der Waals surface area contributed by atoms with Crippen LogP contribution in [0.25, 0.3) is 0 Å². The van der Waals surface area contributed by atoms with Gasteiger partial charge in [-0.3, -0.25) is 29.0 Å². The minimum Gasteiger partial charge on any atom is -0.433 e. The predicted molar refractivity (Wildman–Crippen MR) is 113 cm³/mol. The van der Waals surface area contributed by atoms with Gasteiger partial charge in [0.15, 0.2) is 0 Å². The number of nitrogens with two attached hydrogens (primary N) is 1. The normalized spacial score (nSPS) is 23.3. The fraction of sp³-hybridized carbons (Fsp3) is 0.500. The van der Waals surface area contributed by atoms with Crippen LogP contribution in [0.2, 0.25) is 0 Å². The van der Waals surface area contributed by atoms with Crippen LogP contribution in [0, 0.1) is 5.92 Å². The molecule has 11 heteroatoms. The molecular formula is C22H28N4O7. The highest BCUT2D eigenvalue weighted by Crippen LogP contribution is 2.21. The third-order valence-corrected chi connectivity index (χ3v) is 5.42. The molecule has 1 aromatic carbocycles. The van der Waals surface area contributed by atoms with Crippen molar-refractivity contribution in [1.29, 1.82) is 0 Å². The average Bonchev–Trinajstić information content (AvgIpc) is 3.08. The number of carbonyl (C=O) groups excluding carboxylic acids is 5. The zero-order valence-corrected chi connectivity index (χ0v) is 18.4. The Morgan fingerprint density at radius 3 is 2.58 bits per heavy atom. The number of carbonyl (C=O) groups is 5. The lowest BCUT2D eigenvalue weighted by Gasteiger charge is -2.33. The van der Waals surface area contributed by atoms with Gasteiger partial charge in [-0.1, -0.05) is 37.3 Å². The summed E-state index contributed by atoms with van der Waals surface area (Å²) in [5.41, 5.74) is 6.21. The number of hydrogen-bond donors (Lipinski definition) is 2. The molecule has 0 radical (unpaired) electrons. The zero-order valence-electron chi connectivity index (χ0n) is 18.4. The Labute approximate surface area is 191 Å². The second-order valence-electron chi connectivity index (χ2n) is 7.94. The molecule has 1 aromatic rings. The quantitative estimate of drug-likeness (QED) is 0.384. The second-order valence-corrected chi connectivity index (χ2v) is 7.94. The fourth-order valence-corrected chi connectivity index (χ4v) is 3.78. The first-order valence-electron chi connectivity index (χ1n) is 10.9. The van der Waals surface area contributed by atoms with Crippen LogP contribution in [0.3, 0.4) is 0 Å². The van der Waals surface area contributed by atoms with Crippen molar-refractivity contribution in [3.8, 4) is 0 Å². The van der Waals surface area contributed by atoms with Crippen molar-refractivity contribution in [2.75, 3.05) is 13.1 Å². The molecule has 0 spiro atoms. The Morgan fingerprint density at radius 2 is 1.91 bits per heavy atom. The maximum Gasteiger partial charge on any atom is 0.310 e. The Kier molecular flexibility index (Phi) is 7.99. The number of ether oxygens (including phenoxy) is 2. The van der Waals surface area contributed by atoms with Gasteiger partial charge in [-0.05, 0) is 18.4 Å². The summed E-state index contributed by atoms with van der Waals surface area (Å²) in [5, 5.41) is 4.81. The molecule has 0 aliphatic carbocycles. The average molecular weight is 460 g/mol. The molecule has 3 atom stereocenters. The van der Waals surface area contributed by atoms with Crippen LogP contribution in [0.1, 0.15) is 38.2 Å². The van der Waals surface area contributed by atoms with Gasteiger partial charge in [-0.25, -0.2) is 5.01 Å². The van der Waals surface area contributed by atoms with E-state index in [0.717, 1.165) is 10.6 Å². The number of benzene rings is 1. The molecule has 0 saturated carbocycles. The minimum atomic E-state index is -1.19. The fourth-order valence-electron chi connectivity index (χ4n) is 3.78. The predicted octanol–water partition coefficient (Wildman–Crippen LogP) is -0.161. The topological polar surface area (TPSA) is 148 Å². The molecule has 33 heavy (non-hydrogen) atoms. The van der Waals surface area contributed by atoms with E-state index in [9.17, 15) is 24.0 Å². The van der Waals surface area contributed by atoms with Crippen molar-refractivity contribution in [2.24, 2.45) is 11.7 Å². The summed E-state index contributed by atoms with van der Waals surface area (Å²) in [6.45, 7) is 1.69. The molecule has 3 rings (SSSR count). The summed E-state index contributed by atoms with van der Waals surface area (Å²) < 4.78 is 10.8. The summed E-state index contributed by atoms with van der Waals surface area (Å²) in [6, 6.07) is 8.49. The van der Waals surface area contributed by atoms with Crippen LogP contribution in [0.4, 0.5) is 0 Å². The van der Waals surface area contributed by atoms with E-state index >= 15 is 0 Å². The maximum absolute atomic E-state index is 12.9. The van der Waals surface area contributed by atoms with E-state index in [-0.39, 0.29) is 38.3 Å². The molecule has 2 heterocycles. The first-order valence-corrected chi connectivity index (χ1v) is 10.9. The van der Waals surface area contributed by atoms with Gasteiger partial charge in [0.2, 0.25) is 24.0 Å². The highest BCUT2D eigenvalue weighted by atomic mass is 16.7. The van der Waals surface area contributed by atoms with Crippen molar-refractivity contribution in [2.45, 2.75) is 51.5 Å². The number of cyclic esters (lactones) is 1. The van der Waals surface area contributed by atoms with E-state index < -0.39 is 48.5 Å². The number of nitrogens with zero attached hydrogens (tertiary/aromatic N) is 2. The Balaban J connectivity index is 1.67. The molecular weight excluding hydrogens is 432 g/mol. The van der Waals surface area contributed by atoms with Crippen LogP contribution >= 0.6 is 0 Å². The number of rotatable bonds is 9. The number of nitrogens with one attached hydrogen (secondary N) is 1. The Morgan fingerprint density at radius 1 is 1.18 bits per heavy atom. The monoisotopic (exact) mass is 460 g/mol. The van der Waals surface area contributed by atoms with E-state index in [0.29, 0.717) is 6.42 Å². The molecule has 0 aromatic heterocycles. The molecule has 11 nitrogen and oxygen atoms in total. The molecule has 3 unspecified atom stereocenters. The minimum absolute atomic E-state index is 0.00823. The lowest BCUT2D eigenvalue weighted by atomic mass is 10.0. The largest absolute Gasteiger partial charge is 0.433 e. The van der Waals surface area contributed by atoms with Crippen LogP contribution in [0.15, 0.2) is 30.3 Å². The number of hydrazine groups is 1. The second kappa shape index (κ2) is 10.9. The van der Waals surface area contributed by atoms with Crippen molar-refractivity contribution < 1.29 is 33.4 Å². The summed E-state index contributed by atoms with van der Waals surface area (Å²) in [5.74, 6) is -4.26. The van der Waals surface area contributed by atoms with Gasteiger partial charge < -0.3 is 20.5 Å². The van der Waals surface area contributed by atoms with Crippen molar-refractivity contribution in [3.05, 3.63) is 35.9 Å². The lowest BCUT2D eigenvalue weighted by Crippen LogP contribution is -2.55. The molecule has 178 valence electrons. The van der Waals surface area contributed by atoms with E-state index in [4.69, 9.17) is 15.2 Å². The third kappa shape index (κ3) is 6.07. The van der Waals surface area contributed by atoms with Gasteiger partial charge in [-0.2, -0.15) is 0 Å². The van der Waals surface area contributed by atoms with Crippen LogP contribution in [-0.2, 0) is 40.1 Å². The first-order chi connectivity index (χ1) is 15.8. The number of amides is 4. The molecule has 2 saturated heterocycles. The van der Waals surface area contributed by atoms with Gasteiger partial charge in [0.05, 0.1) is 13.0 Å². The van der Waals surface area contributed by atoms with Crippen molar-refractivity contribution in [3.63, 3.8) is 0 Å². The molecule has 0 bridgehead atoms. The summed E-state index contributed by atoms with van der Waals surface area (Å²) in [7, 11) is 0. The zero-order chi connectivity index (χ0) is 24.0. The summed E-state index contributed by atoms with van der Waals surface area (Å²) in [6.07, 6.45) is -0.587. The van der Waals surface area contributed by atoms with Crippen LogP contribution in [0.5, 0.6) is 0 Å². The third-order valence-electron chi connectivity index (χ3n) is 5.42. The van der Waals surface area contributed by atoms with Crippen molar-refractivity contribution >= 4 is 29.6 Å². The standard InChI is InChI=1S/C22H28N4O7/c1-2-10-25-18(28)9-8-15(20(23)30)21(31)26(25)12-17(27)24-16-11-19(29)33-22(16)32-13-14-6-4-3-5-7-14/h3-7,15-16,22H,2,8-13H2,1H3,(H2,23,30)(H,24,27). The van der Waals surface area contributed by atoms with Gasteiger partial charge in [0, 0.05) is 13.0 Å². The molecule has 2 aliphatic heterocycles. The van der Waals surface area contributed by atoms with Crippen molar-refractivity contribution in [1.82, 2.24) is 15.3 Å². The van der Waals surface area contributed by atoms with E-state index in [2.05, 4.69) is 5.32 Å². The van der Waals surface area contributed by atoms with E-state index in [1.54, 1.807) is 0 Å². The number of esters is 1. The van der Waals surface area contributed by atoms with Gasteiger partial charge >= 0.3 is 5.97 Å². The molecule has 4 amide bonds. The highest BCUT2D eigenvalue weighted by molar-refractivity contribution is 6.02. The van der Waals surface area contributed by atoms with Crippen LogP contribution < -0.4 is 11.1 Å².